The first-order valence-corrected chi connectivity index (χ1v) is 3.46. The Bertz CT molecular complexity index is 140. The molecule has 4 heteroatoms. The van der Waals surface area contributed by atoms with Crippen molar-refractivity contribution in [2.45, 2.75) is 12.2 Å². The molecule has 0 bridgehead atoms. The second-order valence-electron chi connectivity index (χ2n) is 2.55. The van der Waals surface area contributed by atoms with Gasteiger partial charge in [-0.25, -0.2) is 4.79 Å². The van der Waals surface area contributed by atoms with E-state index >= 15 is 0 Å². The predicted molar refractivity (Wildman–Crippen MR) is 40.1 cm³/mol. The van der Waals surface area contributed by atoms with Crippen LogP contribution in [-0.2, 0) is 0 Å². The van der Waals surface area contributed by atoms with Crippen molar-refractivity contribution in [3.63, 3.8) is 0 Å². The van der Waals surface area contributed by atoms with Gasteiger partial charge in [0.1, 0.15) is 0 Å². The van der Waals surface area contributed by atoms with Crippen LogP contribution in [0.25, 0.3) is 0 Å². The summed E-state index contributed by atoms with van der Waals surface area (Å²) >= 11 is 0. The molecular formula is C6H11BN2O. The number of urea groups is 1. The Balaban J connectivity index is 2.37. The molecule has 1 atom stereocenters. The molecule has 1 aliphatic rings. The molecule has 1 fully saturated rings. The molecular weight excluding hydrogens is 127 g/mol. The number of nitrogens with zero attached hydrogens (tertiary/aromatic N) is 1. The number of carbonyl (C=O) groups excluding carboxylic acids is 1. The number of amides is 2. The van der Waals surface area contributed by atoms with Crippen molar-refractivity contribution in [3.05, 3.63) is 0 Å². The Labute approximate surface area is 62.2 Å². The second kappa shape index (κ2) is 2.95. The summed E-state index contributed by atoms with van der Waals surface area (Å²) in [6, 6.07) is -0.0204. The molecule has 1 heterocycles. The van der Waals surface area contributed by atoms with E-state index in [4.69, 9.17) is 7.85 Å². The Kier molecular flexibility index (Phi) is 2.19. The summed E-state index contributed by atoms with van der Waals surface area (Å²) in [6.07, 6.45) is 0.924. The number of rotatable bonds is 0. The topological polar surface area (TPSA) is 32.3 Å². The van der Waals surface area contributed by atoms with Gasteiger partial charge < -0.3 is 10.2 Å². The second-order valence-corrected chi connectivity index (χ2v) is 2.55. The predicted octanol–water partition coefficient (Wildman–Crippen LogP) is -0.0115. The third kappa shape index (κ3) is 1.43. The molecule has 0 aromatic carbocycles. The van der Waals surface area contributed by atoms with Gasteiger partial charge in [0, 0.05) is 20.1 Å². The standard InChI is InChI=1S/C6H11BN2O/c1-8-6(10)9-3-2-5(7)4-9/h5H,2-4H2,1H3,(H,8,10). The highest BCUT2D eigenvalue weighted by Gasteiger charge is 2.21. The van der Waals surface area contributed by atoms with Gasteiger partial charge in [-0.15, -0.1) is 0 Å². The van der Waals surface area contributed by atoms with Gasteiger partial charge in [0.05, 0.1) is 7.85 Å². The van der Waals surface area contributed by atoms with Crippen LogP contribution in [0, 0.1) is 0 Å². The van der Waals surface area contributed by atoms with E-state index in [1.165, 1.54) is 0 Å². The minimum Gasteiger partial charge on any atom is -0.341 e. The molecule has 0 aliphatic carbocycles. The Morgan fingerprint density at radius 1 is 1.80 bits per heavy atom. The molecule has 1 aliphatic heterocycles. The van der Waals surface area contributed by atoms with Gasteiger partial charge in [0.15, 0.2) is 0 Å². The molecule has 1 unspecified atom stereocenters. The molecule has 2 amide bonds. The first-order valence-electron chi connectivity index (χ1n) is 3.46. The first kappa shape index (κ1) is 7.44. The Morgan fingerprint density at radius 2 is 2.50 bits per heavy atom. The van der Waals surface area contributed by atoms with E-state index in [2.05, 4.69) is 5.32 Å². The van der Waals surface area contributed by atoms with Crippen LogP contribution in [0.4, 0.5) is 4.79 Å². The summed E-state index contributed by atoms with van der Waals surface area (Å²) in [7, 11) is 7.23. The van der Waals surface area contributed by atoms with E-state index in [1.54, 1.807) is 11.9 Å². The zero-order valence-electron chi connectivity index (χ0n) is 6.13. The summed E-state index contributed by atoms with van der Waals surface area (Å²) in [6.45, 7) is 1.49. The van der Waals surface area contributed by atoms with Crippen LogP contribution in [0.15, 0.2) is 0 Å². The van der Waals surface area contributed by atoms with Crippen molar-refractivity contribution in [3.8, 4) is 0 Å². The number of carbonyl (C=O) groups is 1. The van der Waals surface area contributed by atoms with Crippen molar-refractivity contribution in [1.82, 2.24) is 10.2 Å². The smallest absolute Gasteiger partial charge is 0.317 e. The normalized spacial score (nSPS) is 24.9. The lowest BCUT2D eigenvalue weighted by atomic mass is 9.87. The largest absolute Gasteiger partial charge is 0.341 e. The van der Waals surface area contributed by atoms with Gasteiger partial charge in [-0.1, -0.05) is 5.82 Å². The van der Waals surface area contributed by atoms with Gasteiger partial charge in [-0.3, -0.25) is 0 Å². The maximum Gasteiger partial charge on any atom is 0.317 e. The van der Waals surface area contributed by atoms with Crippen molar-refractivity contribution >= 4 is 13.9 Å². The van der Waals surface area contributed by atoms with E-state index in [0.717, 1.165) is 13.0 Å². The molecule has 2 radical (unpaired) electrons. The van der Waals surface area contributed by atoms with Crippen LogP contribution in [0.1, 0.15) is 6.42 Å². The fraction of sp³-hybridized carbons (Fsp3) is 0.833. The van der Waals surface area contributed by atoms with E-state index in [0.29, 0.717) is 6.54 Å². The van der Waals surface area contributed by atoms with Crippen molar-refractivity contribution in [2.24, 2.45) is 0 Å². The van der Waals surface area contributed by atoms with Crippen LogP contribution in [0.2, 0.25) is 5.82 Å². The minimum atomic E-state index is -0.0204. The van der Waals surface area contributed by atoms with E-state index < -0.39 is 0 Å². The quantitative estimate of drug-likeness (QED) is 0.469. The zero-order valence-corrected chi connectivity index (χ0v) is 6.13. The highest BCUT2D eigenvalue weighted by Crippen LogP contribution is 2.17. The van der Waals surface area contributed by atoms with Gasteiger partial charge in [-0.2, -0.15) is 0 Å². The van der Waals surface area contributed by atoms with E-state index in [1.807, 2.05) is 0 Å². The summed E-state index contributed by atoms with van der Waals surface area (Å²) in [5.41, 5.74) is 0. The maximum absolute atomic E-state index is 10.9. The van der Waals surface area contributed by atoms with E-state index in [9.17, 15) is 4.79 Å². The number of nitrogens with one attached hydrogen (secondary N) is 1. The van der Waals surface area contributed by atoms with Gasteiger partial charge in [-0.05, 0) is 6.42 Å². The number of hydrogen-bond donors (Lipinski definition) is 1. The highest BCUT2D eigenvalue weighted by atomic mass is 16.2. The molecule has 0 saturated carbocycles. The maximum atomic E-state index is 10.9. The summed E-state index contributed by atoms with van der Waals surface area (Å²) in [5.74, 6) is 0.178. The first-order chi connectivity index (χ1) is 4.74. The SMILES string of the molecule is [B]C1CCN(C(=O)NC)C1. The molecule has 0 spiro atoms. The number of hydrogen-bond acceptors (Lipinski definition) is 1. The summed E-state index contributed by atoms with van der Waals surface area (Å²) in [4.78, 5) is 12.6. The minimum absolute atomic E-state index is 0.0204. The van der Waals surface area contributed by atoms with Crippen LogP contribution >= 0.6 is 0 Å². The highest BCUT2D eigenvalue weighted by molar-refractivity contribution is 6.12. The Morgan fingerprint density at radius 3 is 2.90 bits per heavy atom. The van der Waals surface area contributed by atoms with Gasteiger partial charge in [0.2, 0.25) is 0 Å². The molecule has 1 saturated heterocycles. The molecule has 54 valence electrons. The van der Waals surface area contributed by atoms with Crippen LogP contribution < -0.4 is 5.32 Å². The lowest BCUT2D eigenvalue weighted by Crippen LogP contribution is -2.35. The monoisotopic (exact) mass is 138 g/mol. The summed E-state index contributed by atoms with van der Waals surface area (Å²) < 4.78 is 0. The van der Waals surface area contributed by atoms with Gasteiger partial charge >= 0.3 is 6.03 Å². The third-order valence-corrected chi connectivity index (χ3v) is 1.73. The molecule has 1 rings (SSSR count). The molecule has 10 heavy (non-hydrogen) atoms. The lowest BCUT2D eigenvalue weighted by molar-refractivity contribution is 0.211. The van der Waals surface area contributed by atoms with Crippen LogP contribution in [0.5, 0.6) is 0 Å². The molecule has 1 N–H and O–H groups in total. The average Bonchev–Trinajstić information content (AvgIpc) is 2.34. The lowest BCUT2D eigenvalue weighted by Gasteiger charge is -2.14. The fourth-order valence-electron chi connectivity index (χ4n) is 1.13. The molecule has 3 nitrogen and oxygen atoms in total. The fourth-order valence-corrected chi connectivity index (χ4v) is 1.13. The van der Waals surface area contributed by atoms with E-state index in [-0.39, 0.29) is 11.8 Å². The molecule has 0 aromatic rings. The average molecular weight is 138 g/mol. The Hall–Kier alpha value is -0.665. The van der Waals surface area contributed by atoms with Crippen LogP contribution in [-0.4, -0.2) is 38.9 Å². The molecule has 0 aromatic heterocycles. The summed E-state index contributed by atoms with van der Waals surface area (Å²) in [5, 5.41) is 2.56. The van der Waals surface area contributed by atoms with Gasteiger partial charge in [0.25, 0.3) is 0 Å². The number of likely N-dealkylation sites (tertiary alicyclic amines) is 1. The van der Waals surface area contributed by atoms with Crippen molar-refractivity contribution in [1.29, 1.82) is 0 Å². The van der Waals surface area contributed by atoms with Crippen molar-refractivity contribution in [2.75, 3.05) is 20.1 Å². The van der Waals surface area contributed by atoms with Crippen molar-refractivity contribution < 1.29 is 4.79 Å². The van der Waals surface area contributed by atoms with Crippen LogP contribution in [0.3, 0.4) is 0 Å². The zero-order chi connectivity index (χ0) is 7.56. The third-order valence-electron chi connectivity index (χ3n) is 1.73.